The molecule has 0 aliphatic heterocycles. The Labute approximate surface area is 164 Å². The van der Waals surface area contributed by atoms with Crippen LogP contribution in [0.25, 0.3) is 11.1 Å². The molecule has 0 aliphatic carbocycles. The van der Waals surface area contributed by atoms with Crippen molar-refractivity contribution in [2.24, 2.45) is 0 Å². The molecule has 2 aromatic carbocycles. The first kappa shape index (κ1) is 17.7. The van der Waals surface area contributed by atoms with E-state index in [9.17, 15) is 0 Å². The Morgan fingerprint density at radius 3 is 1.43 bits per heavy atom. The third-order valence-corrected chi connectivity index (χ3v) is 4.30. The average Bonchev–Trinajstić information content (AvgIpc) is 2.78. The minimum absolute atomic E-state index is 0.462. The number of nitrogens with zero attached hydrogens (tertiary/aromatic N) is 2. The summed E-state index contributed by atoms with van der Waals surface area (Å²) in [7, 11) is 0. The maximum absolute atomic E-state index is 6.09. The first-order valence-corrected chi connectivity index (χ1v) is 9.12. The monoisotopic (exact) mass is 368 g/mol. The zero-order chi connectivity index (χ0) is 19.0. The Bertz CT molecular complexity index is 936. The lowest BCUT2D eigenvalue weighted by molar-refractivity contribution is 0.302. The van der Waals surface area contributed by atoms with Gasteiger partial charge in [-0.1, -0.05) is 48.5 Å². The van der Waals surface area contributed by atoms with Crippen molar-refractivity contribution in [3.05, 3.63) is 109 Å². The van der Waals surface area contributed by atoms with E-state index < -0.39 is 0 Å². The number of hydrogen-bond acceptors (Lipinski definition) is 4. The molecule has 4 nitrogen and oxygen atoms in total. The molecule has 0 saturated carbocycles. The van der Waals surface area contributed by atoms with E-state index in [0.29, 0.717) is 13.2 Å². The molecule has 0 fully saturated rings. The van der Waals surface area contributed by atoms with E-state index in [1.54, 1.807) is 12.4 Å². The molecule has 0 aliphatic rings. The summed E-state index contributed by atoms with van der Waals surface area (Å²) in [6.07, 6.45) is 7.14. The third-order valence-electron chi connectivity index (χ3n) is 4.30. The highest BCUT2D eigenvalue weighted by atomic mass is 16.5. The number of ether oxygens (including phenoxy) is 2. The predicted molar refractivity (Wildman–Crippen MR) is 109 cm³/mol. The average molecular weight is 368 g/mol. The molecule has 2 heterocycles. The quantitative estimate of drug-likeness (QED) is 0.444. The maximum Gasteiger partial charge on any atom is 0.127 e. The molecule has 4 aromatic rings. The first-order chi connectivity index (χ1) is 13.9. The molecule has 0 radical (unpaired) electrons. The lowest BCUT2D eigenvalue weighted by Crippen LogP contribution is -2.00. The van der Waals surface area contributed by atoms with E-state index in [1.165, 1.54) is 0 Å². The van der Waals surface area contributed by atoms with Gasteiger partial charge in [-0.05, 0) is 24.3 Å². The van der Waals surface area contributed by atoms with Crippen molar-refractivity contribution >= 4 is 0 Å². The van der Waals surface area contributed by atoms with Gasteiger partial charge < -0.3 is 9.47 Å². The summed E-state index contributed by atoms with van der Waals surface area (Å²) in [5.74, 6) is 1.62. The number of benzene rings is 2. The van der Waals surface area contributed by atoms with Gasteiger partial charge in [0.05, 0.1) is 0 Å². The van der Waals surface area contributed by atoms with Crippen LogP contribution >= 0.6 is 0 Å². The lowest BCUT2D eigenvalue weighted by Gasteiger charge is -2.15. The molecule has 2 aromatic heterocycles. The molecule has 0 atom stereocenters. The Kier molecular flexibility index (Phi) is 5.59. The number of hydrogen-bond donors (Lipinski definition) is 0. The maximum atomic E-state index is 6.09. The summed E-state index contributed by atoms with van der Waals surface area (Å²) >= 11 is 0. The Balaban J connectivity index is 1.57. The Morgan fingerprint density at radius 2 is 1.00 bits per heavy atom. The highest BCUT2D eigenvalue weighted by Gasteiger charge is 2.11. The van der Waals surface area contributed by atoms with Crippen LogP contribution in [-0.2, 0) is 13.2 Å². The summed E-state index contributed by atoms with van der Waals surface area (Å²) in [5.41, 5.74) is 4.04. The summed E-state index contributed by atoms with van der Waals surface area (Å²) in [4.78, 5) is 8.28. The van der Waals surface area contributed by atoms with E-state index >= 15 is 0 Å². The molecule has 0 bridgehead atoms. The van der Waals surface area contributed by atoms with Crippen molar-refractivity contribution in [2.75, 3.05) is 0 Å². The molecule has 4 heteroatoms. The zero-order valence-corrected chi connectivity index (χ0v) is 15.4. The van der Waals surface area contributed by atoms with Crippen LogP contribution in [0.4, 0.5) is 0 Å². The van der Waals surface area contributed by atoms with Gasteiger partial charge in [-0.25, -0.2) is 0 Å². The molecule has 0 unspecified atom stereocenters. The van der Waals surface area contributed by atoms with Gasteiger partial charge in [-0.15, -0.1) is 0 Å². The van der Waals surface area contributed by atoms with Crippen molar-refractivity contribution in [3.8, 4) is 22.6 Å². The number of aromatic nitrogens is 2. The number of para-hydroxylation sites is 2. The van der Waals surface area contributed by atoms with Crippen molar-refractivity contribution in [2.45, 2.75) is 13.2 Å². The summed E-state index contributed by atoms with van der Waals surface area (Å²) in [6.45, 7) is 0.924. The van der Waals surface area contributed by atoms with Crippen LogP contribution in [0.2, 0.25) is 0 Å². The van der Waals surface area contributed by atoms with Crippen molar-refractivity contribution in [1.82, 2.24) is 9.97 Å². The molecule has 28 heavy (non-hydrogen) atoms. The predicted octanol–water partition coefficient (Wildman–Crippen LogP) is 5.30. The lowest BCUT2D eigenvalue weighted by atomic mass is 10.0. The highest BCUT2D eigenvalue weighted by Crippen LogP contribution is 2.36. The van der Waals surface area contributed by atoms with E-state index in [0.717, 1.165) is 33.8 Å². The second-order valence-corrected chi connectivity index (χ2v) is 6.29. The molecule has 0 amide bonds. The fourth-order valence-corrected chi connectivity index (χ4v) is 2.92. The zero-order valence-electron chi connectivity index (χ0n) is 15.4. The van der Waals surface area contributed by atoms with E-state index in [2.05, 4.69) is 9.97 Å². The summed E-state index contributed by atoms with van der Waals surface area (Å²) in [5, 5.41) is 0. The number of pyridine rings is 2. The topological polar surface area (TPSA) is 44.2 Å². The minimum atomic E-state index is 0.462. The van der Waals surface area contributed by atoms with Crippen LogP contribution < -0.4 is 9.47 Å². The molecule has 0 saturated heterocycles. The normalized spacial score (nSPS) is 10.4. The van der Waals surface area contributed by atoms with Gasteiger partial charge >= 0.3 is 0 Å². The van der Waals surface area contributed by atoms with Gasteiger partial charge in [0, 0.05) is 47.0 Å². The van der Waals surface area contributed by atoms with E-state index in [-0.39, 0.29) is 0 Å². The molecular weight excluding hydrogens is 348 g/mol. The fourth-order valence-electron chi connectivity index (χ4n) is 2.92. The molecule has 0 N–H and O–H groups in total. The smallest absolute Gasteiger partial charge is 0.127 e. The van der Waals surface area contributed by atoms with Crippen LogP contribution in [-0.4, -0.2) is 9.97 Å². The molecule has 138 valence electrons. The minimum Gasteiger partial charge on any atom is -0.488 e. The van der Waals surface area contributed by atoms with E-state index in [4.69, 9.17) is 9.47 Å². The van der Waals surface area contributed by atoms with E-state index in [1.807, 2.05) is 85.2 Å². The van der Waals surface area contributed by atoms with Crippen molar-refractivity contribution in [1.29, 1.82) is 0 Å². The van der Waals surface area contributed by atoms with Crippen molar-refractivity contribution in [3.63, 3.8) is 0 Å². The molecule has 4 rings (SSSR count). The van der Waals surface area contributed by atoms with Crippen molar-refractivity contribution < 1.29 is 9.47 Å². The summed E-state index contributed by atoms with van der Waals surface area (Å²) in [6, 6.07) is 23.8. The highest BCUT2D eigenvalue weighted by molar-refractivity contribution is 5.75. The largest absolute Gasteiger partial charge is 0.488 e. The van der Waals surface area contributed by atoms with Gasteiger partial charge in [0.15, 0.2) is 0 Å². The molecule has 0 spiro atoms. The SMILES string of the molecule is c1cncc(COc2ccccc2-c2ccccc2OCc2cccnc2)c1. The van der Waals surface area contributed by atoms with Crippen LogP contribution in [0.3, 0.4) is 0 Å². The second kappa shape index (κ2) is 8.82. The van der Waals surface area contributed by atoms with Gasteiger partial charge in [-0.2, -0.15) is 0 Å². The molecular formula is C24H20N2O2. The Morgan fingerprint density at radius 1 is 0.536 bits per heavy atom. The Hall–Kier alpha value is -3.66. The van der Waals surface area contributed by atoms with Crippen LogP contribution in [0, 0.1) is 0 Å². The van der Waals surface area contributed by atoms with Crippen LogP contribution in [0.15, 0.2) is 97.6 Å². The number of rotatable bonds is 7. The first-order valence-electron chi connectivity index (χ1n) is 9.12. The fraction of sp³-hybridized carbons (Fsp3) is 0.0833. The standard InChI is InChI=1S/C24H20N2O2/c1-3-11-23(27-17-19-7-5-13-25-15-19)21(9-1)22-10-2-4-12-24(22)28-18-20-8-6-14-26-16-20/h1-16H,17-18H2. The third kappa shape index (κ3) is 4.35. The van der Waals surface area contributed by atoms with Gasteiger partial charge in [0.2, 0.25) is 0 Å². The van der Waals surface area contributed by atoms with Crippen LogP contribution in [0.5, 0.6) is 11.5 Å². The van der Waals surface area contributed by atoms with Gasteiger partial charge in [0.1, 0.15) is 24.7 Å². The van der Waals surface area contributed by atoms with Crippen LogP contribution in [0.1, 0.15) is 11.1 Å². The van der Waals surface area contributed by atoms with Gasteiger partial charge in [0.25, 0.3) is 0 Å². The second-order valence-electron chi connectivity index (χ2n) is 6.29. The van der Waals surface area contributed by atoms with Gasteiger partial charge in [-0.3, -0.25) is 9.97 Å². The summed E-state index contributed by atoms with van der Waals surface area (Å²) < 4.78 is 12.2.